The number of hydrogen-bond donors (Lipinski definition) is 0. The second kappa shape index (κ2) is 2.81. The van der Waals surface area contributed by atoms with Gasteiger partial charge in [-0.15, -0.1) is 0 Å². The van der Waals surface area contributed by atoms with Gasteiger partial charge in [-0.25, -0.2) is 0 Å². The summed E-state index contributed by atoms with van der Waals surface area (Å²) in [5.74, 6) is 0.727. The first kappa shape index (κ1) is 7.98. The van der Waals surface area contributed by atoms with Crippen LogP contribution in [0.2, 0.25) is 0 Å². The first-order chi connectivity index (χ1) is 6.86. The average Bonchev–Trinajstić information content (AvgIpc) is 2.18. The third-order valence-corrected chi connectivity index (χ3v) is 3.32. The summed E-state index contributed by atoms with van der Waals surface area (Å²) in [4.78, 5) is 11.9. The van der Waals surface area contributed by atoms with E-state index < -0.39 is 0 Å². The molecule has 0 radical (unpaired) electrons. The molecule has 1 aromatic rings. The van der Waals surface area contributed by atoms with Crippen molar-refractivity contribution in [2.24, 2.45) is 5.92 Å². The van der Waals surface area contributed by atoms with Crippen molar-refractivity contribution in [3.05, 3.63) is 47.5 Å². The molecule has 2 aliphatic carbocycles. The molecule has 1 nitrogen and oxygen atoms in total. The molecular formula is C13H12O. The summed E-state index contributed by atoms with van der Waals surface area (Å²) in [5, 5.41) is 0. The van der Waals surface area contributed by atoms with Crippen molar-refractivity contribution in [3.8, 4) is 0 Å². The Hall–Kier alpha value is -1.37. The van der Waals surface area contributed by atoms with Crippen LogP contribution in [0.5, 0.6) is 0 Å². The van der Waals surface area contributed by atoms with Gasteiger partial charge >= 0.3 is 0 Å². The van der Waals surface area contributed by atoms with E-state index in [1.165, 1.54) is 11.1 Å². The number of rotatable bonds is 0. The summed E-state index contributed by atoms with van der Waals surface area (Å²) in [7, 11) is 0. The van der Waals surface area contributed by atoms with E-state index in [4.69, 9.17) is 0 Å². The van der Waals surface area contributed by atoms with Gasteiger partial charge in [-0.2, -0.15) is 0 Å². The molecule has 2 atom stereocenters. The van der Waals surface area contributed by atoms with Gasteiger partial charge in [-0.3, -0.25) is 4.79 Å². The highest BCUT2D eigenvalue weighted by atomic mass is 16.1. The summed E-state index contributed by atoms with van der Waals surface area (Å²) >= 11 is 0. The largest absolute Gasteiger partial charge is 0.298 e. The van der Waals surface area contributed by atoms with Crippen molar-refractivity contribution < 1.29 is 4.79 Å². The Morgan fingerprint density at radius 3 is 3.00 bits per heavy atom. The van der Waals surface area contributed by atoms with Gasteiger partial charge in [0.2, 0.25) is 0 Å². The van der Waals surface area contributed by atoms with Crippen molar-refractivity contribution in [2.45, 2.75) is 18.8 Å². The minimum atomic E-state index is 0.148. The maximum atomic E-state index is 11.9. The first-order valence-electron chi connectivity index (χ1n) is 5.14. The van der Waals surface area contributed by atoms with Gasteiger partial charge in [0.15, 0.2) is 0 Å². The molecule has 2 bridgehead atoms. The Morgan fingerprint density at radius 1 is 1.21 bits per heavy atom. The lowest BCUT2D eigenvalue weighted by Crippen LogP contribution is -2.30. The zero-order valence-corrected chi connectivity index (χ0v) is 7.94. The third kappa shape index (κ3) is 0.985. The van der Waals surface area contributed by atoms with Gasteiger partial charge < -0.3 is 0 Å². The number of allylic oxidation sites excluding steroid dienone is 2. The maximum absolute atomic E-state index is 11.9. The van der Waals surface area contributed by atoms with Gasteiger partial charge in [0, 0.05) is 11.8 Å². The Bertz CT molecular complexity index is 417. The predicted octanol–water partition coefficient (Wildman–Crippen LogP) is 2.47. The van der Waals surface area contributed by atoms with E-state index in [1.54, 1.807) is 0 Å². The molecule has 70 valence electrons. The lowest BCUT2D eigenvalue weighted by atomic mass is 9.71. The van der Waals surface area contributed by atoms with Gasteiger partial charge in [0.1, 0.15) is 5.78 Å². The topological polar surface area (TPSA) is 17.1 Å². The molecule has 3 rings (SSSR count). The second-order valence-corrected chi connectivity index (χ2v) is 4.13. The zero-order chi connectivity index (χ0) is 9.54. The van der Waals surface area contributed by atoms with Crippen LogP contribution in [0, 0.1) is 5.92 Å². The Morgan fingerprint density at radius 2 is 2.07 bits per heavy atom. The molecule has 0 unspecified atom stereocenters. The lowest BCUT2D eigenvalue weighted by molar-refractivity contribution is -0.123. The van der Waals surface area contributed by atoms with Crippen LogP contribution in [0.25, 0.3) is 0 Å². The van der Waals surface area contributed by atoms with Gasteiger partial charge in [-0.05, 0) is 24.0 Å². The number of hydrogen-bond acceptors (Lipinski definition) is 1. The van der Waals surface area contributed by atoms with E-state index in [2.05, 4.69) is 30.4 Å². The molecule has 0 aromatic heterocycles. The number of carbonyl (C=O) groups is 1. The molecule has 1 aromatic carbocycles. The molecule has 0 amide bonds. The Kier molecular flexibility index (Phi) is 1.60. The fraction of sp³-hybridized carbons (Fsp3) is 0.308. The number of Topliss-reactive ketones (excluding diaryl/α,β-unsaturated/α-hetero) is 1. The Balaban J connectivity index is 2.17. The smallest absolute Gasteiger partial charge is 0.147 e. The van der Waals surface area contributed by atoms with Crippen molar-refractivity contribution in [1.82, 2.24) is 0 Å². The lowest BCUT2D eigenvalue weighted by Gasteiger charge is -2.31. The van der Waals surface area contributed by atoms with Crippen molar-refractivity contribution >= 4 is 5.78 Å². The predicted molar refractivity (Wildman–Crippen MR) is 55.1 cm³/mol. The van der Waals surface area contributed by atoms with Crippen LogP contribution in [0.1, 0.15) is 23.5 Å². The van der Waals surface area contributed by atoms with Gasteiger partial charge in [0.05, 0.1) is 0 Å². The van der Waals surface area contributed by atoms with E-state index in [0.29, 0.717) is 5.78 Å². The van der Waals surface area contributed by atoms with Crippen molar-refractivity contribution in [1.29, 1.82) is 0 Å². The number of carbonyl (C=O) groups excluding carboxylic acids is 1. The molecule has 0 saturated carbocycles. The summed E-state index contributed by atoms with van der Waals surface area (Å²) < 4.78 is 0. The summed E-state index contributed by atoms with van der Waals surface area (Å²) in [6.45, 7) is 0. The highest BCUT2D eigenvalue weighted by Gasteiger charge is 2.34. The minimum Gasteiger partial charge on any atom is -0.298 e. The molecule has 0 heterocycles. The quantitative estimate of drug-likeness (QED) is 0.566. The molecule has 0 fully saturated rings. The van der Waals surface area contributed by atoms with Crippen LogP contribution < -0.4 is 0 Å². The van der Waals surface area contributed by atoms with Gasteiger partial charge in [-0.1, -0.05) is 36.4 Å². The molecule has 0 spiro atoms. The van der Waals surface area contributed by atoms with Crippen LogP contribution in [0.4, 0.5) is 0 Å². The fourth-order valence-electron chi connectivity index (χ4n) is 2.59. The standard InChI is InChI=1S/C13H12O/c14-13-10-5-3-7-12(13)11-6-2-1-4-9(11)8-10/h1-6,10,12H,7-8H2/t10-,12+/m0/s1. The minimum absolute atomic E-state index is 0.148. The number of fused-ring (bicyclic) bond motifs is 4. The molecule has 14 heavy (non-hydrogen) atoms. The van der Waals surface area contributed by atoms with Crippen molar-refractivity contribution in [3.63, 3.8) is 0 Å². The molecule has 0 aliphatic heterocycles. The van der Waals surface area contributed by atoms with Crippen LogP contribution in [0.3, 0.4) is 0 Å². The van der Waals surface area contributed by atoms with Crippen LogP contribution in [-0.2, 0) is 11.2 Å². The average molecular weight is 184 g/mol. The zero-order valence-electron chi connectivity index (χ0n) is 7.94. The van der Waals surface area contributed by atoms with Crippen LogP contribution >= 0.6 is 0 Å². The first-order valence-corrected chi connectivity index (χ1v) is 5.14. The van der Waals surface area contributed by atoms with E-state index in [1.807, 2.05) is 6.07 Å². The van der Waals surface area contributed by atoms with E-state index >= 15 is 0 Å². The molecule has 0 N–H and O–H groups in total. The maximum Gasteiger partial charge on any atom is 0.147 e. The molecule has 2 aliphatic rings. The normalized spacial score (nSPS) is 28.7. The highest BCUT2D eigenvalue weighted by molar-refractivity contribution is 5.92. The summed E-state index contributed by atoms with van der Waals surface area (Å²) in [6, 6.07) is 8.35. The van der Waals surface area contributed by atoms with Crippen molar-refractivity contribution in [2.75, 3.05) is 0 Å². The number of benzene rings is 1. The number of ketones is 1. The van der Waals surface area contributed by atoms with E-state index in [9.17, 15) is 4.79 Å². The SMILES string of the molecule is O=C1[C@H]2C=CC[C@@H]1c1ccccc1C2. The van der Waals surface area contributed by atoms with E-state index in [0.717, 1.165) is 12.8 Å². The monoisotopic (exact) mass is 184 g/mol. The summed E-state index contributed by atoms with van der Waals surface area (Å²) in [5.41, 5.74) is 2.63. The fourth-order valence-corrected chi connectivity index (χ4v) is 2.59. The molecule has 1 heteroatoms. The van der Waals surface area contributed by atoms with Crippen LogP contribution in [0.15, 0.2) is 36.4 Å². The van der Waals surface area contributed by atoms with E-state index in [-0.39, 0.29) is 11.8 Å². The molecular weight excluding hydrogens is 172 g/mol. The second-order valence-electron chi connectivity index (χ2n) is 4.13. The van der Waals surface area contributed by atoms with Gasteiger partial charge in [0.25, 0.3) is 0 Å². The molecule has 0 saturated heterocycles. The summed E-state index contributed by atoms with van der Waals surface area (Å²) in [6.07, 6.45) is 6.04. The highest BCUT2D eigenvalue weighted by Crippen LogP contribution is 2.37. The third-order valence-electron chi connectivity index (χ3n) is 3.32. The Labute approximate surface area is 83.4 Å². The van der Waals surface area contributed by atoms with Crippen LogP contribution in [-0.4, -0.2) is 5.78 Å².